The molecular weight excluding hydrogens is 1030 g/mol. The van der Waals surface area contributed by atoms with Crippen LogP contribution in [0.25, 0.3) is 0 Å². The van der Waals surface area contributed by atoms with Crippen LogP contribution < -0.4 is 5.32 Å². The molecule has 0 aromatic carbocycles. The van der Waals surface area contributed by atoms with Crippen LogP contribution in [-0.4, -0.2) is 47.4 Å². The Kier molecular flexibility index (Phi) is 71.9. The number of carbonyl (C=O) groups excluding carboxylic acids is 2. The van der Waals surface area contributed by atoms with Gasteiger partial charge < -0.3 is 20.3 Å². The highest BCUT2D eigenvalue weighted by molar-refractivity contribution is 5.76. The molecule has 0 aliphatic heterocycles. The largest absolute Gasteiger partial charge is 0.466 e. The summed E-state index contributed by atoms with van der Waals surface area (Å²) in [6.45, 7) is 4.88. The molecule has 84 heavy (non-hydrogen) atoms. The van der Waals surface area contributed by atoms with Crippen molar-refractivity contribution in [2.45, 2.75) is 437 Å². The molecule has 2 unspecified atom stereocenters. The number of allylic oxidation sites excluding steroid dienone is 5. The Morgan fingerprint density at radius 3 is 0.929 bits per heavy atom. The lowest BCUT2D eigenvalue weighted by Crippen LogP contribution is -2.45. The van der Waals surface area contributed by atoms with Gasteiger partial charge in [-0.2, -0.15) is 0 Å². The SMILES string of the molecule is CCCCC/C=C\C/C=C\CCCCCCCCCCCC(=O)OCCCCCCCCCCCCCCCCCCCCCCCCCCCCCCCCCCCCCCCCCC(=O)NC(CO)C(O)/C=C/CCCCCCCCC. The summed E-state index contributed by atoms with van der Waals surface area (Å²) in [4.78, 5) is 24.5. The first-order chi connectivity index (χ1) is 41.5. The number of aliphatic hydroxyl groups is 2. The number of hydrogen-bond acceptors (Lipinski definition) is 5. The maximum Gasteiger partial charge on any atom is 0.305 e. The number of esters is 1. The predicted octanol–water partition coefficient (Wildman–Crippen LogP) is 25.0. The second-order valence-corrected chi connectivity index (χ2v) is 26.3. The van der Waals surface area contributed by atoms with E-state index in [0.29, 0.717) is 19.4 Å². The zero-order valence-electron chi connectivity index (χ0n) is 56.9. The first-order valence-corrected chi connectivity index (χ1v) is 38.3. The van der Waals surface area contributed by atoms with Gasteiger partial charge in [0.05, 0.1) is 25.4 Å². The summed E-state index contributed by atoms with van der Waals surface area (Å²) in [7, 11) is 0. The molecule has 6 heteroatoms. The minimum absolute atomic E-state index is 0.0205. The first kappa shape index (κ1) is 82.1. The van der Waals surface area contributed by atoms with Crippen molar-refractivity contribution < 1.29 is 24.5 Å². The molecule has 0 aliphatic rings. The number of carbonyl (C=O) groups is 2. The van der Waals surface area contributed by atoms with Crippen molar-refractivity contribution in [2.75, 3.05) is 13.2 Å². The van der Waals surface area contributed by atoms with E-state index in [9.17, 15) is 19.8 Å². The van der Waals surface area contributed by atoms with E-state index in [1.807, 2.05) is 6.08 Å². The fourth-order valence-corrected chi connectivity index (χ4v) is 12.1. The van der Waals surface area contributed by atoms with Crippen molar-refractivity contribution in [1.82, 2.24) is 5.32 Å². The molecule has 0 aliphatic carbocycles. The van der Waals surface area contributed by atoms with Gasteiger partial charge in [0.2, 0.25) is 5.91 Å². The van der Waals surface area contributed by atoms with Gasteiger partial charge in [-0.25, -0.2) is 0 Å². The lowest BCUT2D eigenvalue weighted by molar-refractivity contribution is -0.143. The van der Waals surface area contributed by atoms with Crippen LogP contribution in [-0.2, 0) is 14.3 Å². The summed E-state index contributed by atoms with van der Waals surface area (Å²) in [5.41, 5.74) is 0. The first-order valence-electron chi connectivity index (χ1n) is 38.3. The Morgan fingerprint density at radius 2 is 0.595 bits per heavy atom. The molecule has 0 fully saturated rings. The molecule has 0 spiro atoms. The fraction of sp³-hybridized carbons (Fsp3) is 0.897. The van der Waals surface area contributed by atoms with Gasteiger partial charge in [-0.05, 0) is 64.2 Å². The van der Waals surface area contributed by atoms with Gasteiger partial charge in [-0.15, -0.1) is 0 Å². The second-order valence-electron chi connectivity index (χ2n) is 26.3. The van der Waals surface area contributed by atoms with E-state index < -0.39 is 12.1 Å². The van der Waals surface area contributed by atoms with E-state index in [-0.39, 0.29) is 18.5 Å². The second kappa shape index (κ2) is 73.5. The summed E-state index contributed by atoms with van der Waals surface area (Å²) in [6, 6.07) is -0.621. The van der Waals surface area contributed by atoms with Crippen LogP contribution in [0.5, 0.6) is 0 Å². The Hall–Kier alpha value is -1.92. The normalized spacial score (nSPS) is 12.7. The van der Waals surface area contributed by atoms with Gasteiger partial charge in [-0.1, -0.05) is 384 Å². The van der Waals surface area contributed by atoms with Gasteiger partial charge in [0.15, 0.2) is 0 Å². The highest BCUT2D eigenvalue weighted by Crippen LogP contribution is 2.20. The van der Waals surface area contributed by atoms with Crippen molar-refractivity contribution in [1.29, 1.82) is 0 Å². The van der Waals surface area contributed by atoms with Crippen molar-refractivity contribution in [3.63, 3.8) is 0 Å². The third-order valence-electron chi connectivity index (χ3n) is 17.9. The molecule has 1 amide bonds. The predicted molar refractivity (Wildman–Crippen MR) is 370 cm³/mol. The average molecular weight is 1180 g/mol. The highest BCUT2D eigenvalue weighted by Gasteiger charge is 2.18. The lowest BCUT2D eigenvalue weighted by atomic mass is 10.0. The van der Waals surface area contributed by atoms with Crippen LogP contribution in [0, 0.1) is 0 Å². The maximum absolute atomic E-state index is 12.4. The highest BCUT2D eigenvalue weighted by atomic mass is 16.5. The average Bonchev–Trinajstić information content (AvgIpc) is 3.51. The summed E-state index contributed by atoms with van der Waals surface area (Å²) in [5, 5.41) is 23.0. The number of amides is 1. The van der Waals surface area contributed by atoms with Crippen LogP contribution in [0.3, 0.4) is 0 Å². The fourth-order valence-electron chi connectivity index (χ4n) is 12.1. The molecule has 0 bridgehead atoms. The van der Waals surface area contributed by atoms with Crippen LogP contribution in [0.1, 0.15) is 425 Å². The summed E-state index contributed by atoms with van der Waals surface area (Å²) >= 11 is 0. The van der Waals surface area contributed by atoms with Crippen LogP contribution >= 0.6 is 0 Å². The molecule has 3 N–H and O–H groups in total. The van der Waals surface area contributed by atoms with Crippen molar-refractivity contribution in [3.05, 3.63) is 36.5 Å². The number of unbranched alkanes of at least 4 members (excludes halogenated alkanes) is 57. The molecular formula is C78H149NO5. The molecule has 0 aromatic heterocycles. The smallest absolute Gasteiger partial charge is 0.305 e. The Balaban J connectivity index is 3.26. The van der Waals surface area contributed by atoms with Crippen molar-refractivity contribution in [3.8, 4) is 0 Å². The van der Waals surface area contributed by atoms with Crippen LogP contribution in [0.4, 0.5) is 0 Å². The number of nitrogens with one attached hydrogen (secondary N) is 1. The minimum Gasteiger partial charge on any atom is -0.466 e. The van der Waals surface area contributed by atoms with E-state index >= 15 is 0 Å². The molecule has 0 rings (SSSR count). The van der Waals surface area contributed by atoms with E-state index in [0.717, 1.165) is 44.9 Å². The molecule has 0 radical (unpaired) electrons. The van der Waals surface area contributed by atoms with Gasteiger partial charge >= 0.3 is 5.97 Å². The van der Waals surface area contributed by atoms with Gasteiger partial charge in [-0.3, -0.25) is 9.59 Å². The van der Waals surface area contributed by atoms with E-state index in [1.54, 1.807) is 6.08 Å². The Labute approximate surface area is 525 Å². The molecule has 0 aromatic rings. The lowest BCUT2D eigenvalue weighted by Gasteiger charge is -2.20. The zero-order valence-corrected chi connectivity index (χ0v) is 56.9. The van der Waals surface area contributed by atoms with Gasteiger partial charge in [0.1, 0.15) is 0 Å². The summed E-state index contributed by atoms with van der Waals surface area (Å²) < 4.78 is 5.52. The standard InChI is InChI=1S/C78H149NO5/c1-3-5-7-9-11-13-14-15-16-17-39-43-46-49-52-56-60-64-68-72-78(83)84-73-69-65-61-57-53-50-47-44-41-38-36-34-32-30-28-26-24-22-20-18-19-21-23-25-27-29-31-33-35-37-40-42-45-48-51-55-59-63-67-71-77(82)79-75(74-80)76(81)70-66-62-58-54-12-10-8-6-4-2/h11,13,15-16,66,70,75-76,80-81H,3-10,12,14,17-65,67-69,71-74H2,1-2H3,(H,79,82)/b13-11-,16-15-,70-66+. The zero-order chi connectivity index (χ0) is 60.6. The van der Waals surface area contributed by atoms with Crippen molar-refractivity contribution >= 4 is 11.9 Å². The maximum atomic E-state index is 12.4. The Morgan fingerprint density at radius 1 is 0.333 bits per heavy atom. The summed E-state index contributed by atoms with van der Waals surface area (Å²) in [5.74, 6) is -0.0424. The van der Waals surface area contributed by atoms with Gasteiger partial charge in [0.25, 0.3) is 0 Å². The number of rotatable bonds is 72. The van der Waals surface area contributed by atoms with Crippen LogP contribution in [0.2, 0.25) is 0 Å². The Bertz CT molecular complexity index is 1360. The minimum atomic E-state index is -0.837. The van der Waals surface area contributed by atoms with Crippen LogP contribution in [0.15, 0.2) is 36.5 Å². The molecule has 0 saturated heterocycles. The monoisotopic (exact) mass is 1180 g/mol. The molecule has 0 heterocycles. The van der Waals surface area contributed by atoms with Crippen molar-refractivity contribution in [2.24, 2.45) is 0 Å². The van der Waals surface area contributed by atoms with E-state index in [1.165, 1.54) is 353 Å². The topological polar surface area (TPSA) is 95.9 Å². The molecule has 6 nitrogen and oxygen atoms in total. The van der Waals surface area contributed by atoms with Gasteiger partial charge in [0, 0.05) is 12.8 Å². The van der Waals surface area contributed by atoms with E-state index in [4.69, 9.17) is 4.74 Å². The quantitative estimate of drug-likeness (QED) is 0.0320. The molecule has 2 atom stereocenters. The number of aliphatic hydroxyl groups excluding tert-OH is 2. The van der Waals surface area contributed by atoms with E-state index in [2.05, 4.69) is 43.5 Å². The number of hydrogen-bond donors (Lipinski definition) is 3. The third-order valence-corrected chi connectivity index (χ3v) is 17.9. The third kappa shape index (κ3) is 69.2. The number of ether oxygens (including phenoxy) is 1. The molecule has 496 valence electrons. The molecule has 0 saturated carbocycles. The summed E-state index contributed by atoms with van der Waals surface area (Å²) in [6.07, 6.45) is 95.7.